The zero-order valence-electron chi connectivity index (χ0n) is 10.5. The van der Waals surface area contributed by atoms with E-state index in [1.165, 1.54) is 6.26 Å². The van der Waals surface area contributed by atoms with Crippen LogP contribution in [-0.2, 0) is 4.74 Å². The highest BCUT2D eigenvalue weighted by Crippen LogP contribution is 2.09. The van der Waals surface area contributed by atoms with E-state index >= 15 is 0 Å². The quantitative estimate of drug-likeness (QED) is 0.456. The van der Waals surface area contributed by atoms with E-state index in [2.05, 4.69) is 0 Å². The molecule has 0 saturated carbocycles. The Morgan fingerprint density at radius 1 is 1.22 bits per heavy atom. The van der Waals surface area contributed by atoms with Crippen LogP contribution in [0, 0.1) is 0 Å². The zero-order valence-corrected chi connectivity index (χ0v) is 10.5. The fourth-order valence-corrected chi connectivity index (χ4v) is 1.13. The summed E-state index contributed by atoms with van der Waals surface area (Å²) in [5, 5.41) is 8.49. The second-order valence-electron chi connectivity index (χ2n) is 3.57. The molecule has 3 nitrogen and oxygen atoms in total. The maximum atomic E-state index is 8.49. The van der Waals surface area contributed by atoms with Crippen molar-refractivity contribution >= 4 is 0 Å². The number of allylic oxidation sites excluding steroid dienone is 4. The van der Waals surface area contributed by atoms with E-state index in [-0.39, 0.29) is 6.61 Å². The highest BCUT2D eigenvalue weighted by molar-refractivity contribution is 5.24. The van der Waals surface area contributed by atoms with Gasteiger partial charge in [-0.2, -0.15) is 0 Å². The van der Waals surface area contributed by atoms with Crippen LogP contribution in [0.1, 0.15) is 6.92 Å². The minimum atomic E-state index is 0.0257. The van der Waals surface area contributed by atoms with Crippen LogP contribution in [0.2, 0.25) is 0 Å². The molecule has 0 aliphatic rings. The molecule has 0 atom stereocenters. The van der Waals surface area contributed by atoms with E-state index in [1.807, 2.05) is 49.4 Å². The van der Waals surface area contributed by atoms with Gasteiger partial charge in [-0.25, -0.2) is 0 Å². The average molecular weight is 246 g/mol. The number of para-hydroxylation sites is 1. The molecule has 0 aliphatic heterocycles. The van der Waals surface area contributed by atoms with E-state index in [4.69, 9.17) is 14.6 Å². The Morgan fingerprint density at radius 3 is 2.72 bits per heavy atom. The van der Waals surface area contributed by atoms with Crippen molar-refractivity contribution in [1.82, 2.24) is 0 Å². The first kappa shape index (κ1) is 14.1. The fraction of sp³-hybridized carbons (Fsp3) is 0.200. The van der Waals surface area contributed by atoms with Gasteiger partial charge in [0.15, 0.2) is 0 Å². The molecule has 1 aromatic rings. The lowest BCUT2D eigenvalue weighted by Crippen LogP contribution is -1.91. The molecular formula is C15H18O3. The third-order valence-electron chi connectivity index (χ3n) is 1.98. The molecule has 1 aromatic carbocycles. The molecule has 0 unspecified atom stereocenters. The van der Waals surface area contributed by atoms with Gasteiger partial charge in [-0.3, -0.25) is 0 Å². The predicted octanol–water partition coefficient (Wildman–Crippen LogP) is 3.05. The van der Waals surface area contributed by atoms with Crippen LogP contribution in [0.25, 0.3) is 0 Å². The highest BCUT2D eigenvalue weighted by atomic mass is 16.5. The highest BCUT2D eigenvalue weighted by Gasteiger charge is 1.87. The Hall–Kier alpha value is -2.00. The molecule has 0 aromatic heterocycles. The number of ether oxygens (including phenoxy) is 2. The maximum Gasteiger partial charge on any atom is 0.126 e. The number of benzene rings is 1. The molecule has 0 amide bonds. The van der Waals surface area contributed by atoms with Crippen molar-refractivity contribution in [3.63, 3.8) is 0 Å². The first-order valence-electron chi connectivity index (χ1n) is 5.77. The molecule has 18 heavy (non-hydrogen) atoms. The van der Waals surface area contributed by atoms with Crippen LogP contribution in [-0.4, -0.2) is 18.3 Å². The van der Waals surface area contributed by atoms with Gasteiger partial charge in [0, 0.05) is 0 Å². The van der Waals surface area contributed by atoms with Gasteiger partial charge in [0.2, 0.25) is 0 Å². The third-order valence-corrected chi connectivity index (χ3v) is 1.98. The number of rotatable bonds is 7. The largest absolute Gasteiger partial charge is 0.499 e. The summed E-state index contributed by atoms with van der Waals surface area (Å²) in [5.74, 6) is 0.812. The lowest BCUT2D eigenvalue weighted by atomic mass is 10.3. The molecular weight excluding hydrogens is 228 g/mol. The molecule has 0 bridgehead atoms. The Balaban J connectivity index is 2.33. The van der Waals surface area contributed by atoms with Gasteiger partial charge in [-0.05, 0) is 30.7 Å². The summed E-state index contributed by atoms with van der Waals surface area (Å²) in [6.45, 7) is 2.29. The van der Waals surface area contributed by atoms with Crippen LogP contribution in [0.4, 0.5) is 0 Å². The number of hydrogen-bond donors (Lipinski definition) is 1. The van der Waals surface area contributed by atoms with Crippen molar-refractivity contribution in [1.29, 1.82) is 0 Å². The first-order valence-corrected chi connectivity index (χ1v) is 5.77. The average Bonchev–Trinajstić information content (AvgIpc) is 2.41. The Morgan fingerprint density at radius 2 is 2.00 bits per heavy atom. The summed E-state index contributed by atoms with van der Waals surface area (Å²) in [4.78, 5) is 0. The van der Waals surface area contributed by atoms with Crippen molar-refractivity contribution in [3.8, 4) is 5.75 Å². The number of aliphatic hydroxyl groups is 1. The molecule has 1 N–H and O–H groups in total. The molecule has 96 valence electrons. The Kier molecular flexibility index (Phi) is 7.09. The van der Waals surface area contributed by atoms with Crippen LogP contribution in [0.5, 0.6) is 5.75 Å². The van der Waals surface area contributed by atoms with Crippen LogP contribution < -0.4 is 4.74 Å². The third kappa shape index (κ3) is 6.55. The van der Waals surface area contributed by atoms with Gasteiger partial charge in [0.25, 0.3) is 0 Å². The summed E-state index contributed by atoms with van der Waals surface area (Å²) in [6.07, 6.45) is 8.74. The molecule has 1 rings (SSSR count). The van der Waals surface area contributed by atoms with E-state index in [0.717, 1.165) is 11.3 Å². The van der Waals surface area contributed by atoms with E-state index in [1.54, 1.807) is 12.3 Å². The topological polar surface area (TPSA) is 38.7 Å². The molecule has 0 saturated heterocycles. The van der Waals surface area contributed by atoms with Crippen molar-refractivity contribution in [3.05, 3.63) is 66.7 Å². The SMILES string of the molecule is CC(/C=C/C=C/OCCO)=C\Oc1ccccc1. The molecule has 0 fully saturated rings. The predicted molar refractivity (Wildman–Crippen MR) is 72.1 cm³/mol. The van der Waals surface area contributed by atoms with Gasteiger partial charge in [0.1, 0.15) is 12.4 Å². The summed E-state index contributed by atoms with van der Waals surface area (Å²) in [7, 11) is 0. The molecule has 0 spiro atoms. The van der Waals surface area contributed by atoms with Crippen LogP contribution in [0.3, 0.4) is 0 Å². The van der Waals surface area contributed by atoms with Gasteiger partial charge >= 0.3 is 0 Å². The van der Waals surface area contributed by atoms with Gasteiger partial charge in [-0.1, -0.05) is 30.4 Å². The zero-order chi connectivity index (χ0) is 13.1. The Labute approximate surface area is 108 Å². The second kappa shape index (κ2) is 9.07. The number of hydrogen-bond acceptors (Lipinski definition) is 3. The van der Waals surface area contributed by atoms with Crippen LogP contribution >= 0.6 is 0 Å². The standard InChI is InChI=1S/C15H18O3/c1-14(7-5-6-11-17-12-10-16)13-18-15-8-3-2-4-9-15/h2-9,11,13,16H,10,12H2,1H3/b7-5+,11-6+,14-13+. The van der Waals surface area contributed by atoms with E-state index < -0.39 is 0 Å². The Bertz CT molecular complexity index is 405. The van der Waals surface area contributed by atoms with Gasteiger partial charge < -0.3 is 14.6 Å². The molecule has 0 aliphatic carbocycles. The summed E-state index contributed by atoms with van der Waals surface area (Å²) in [6, 6.07) is 9.60. The summed E-state index contributed by atoms with van der Waals surface area (Å²) >= 11 is 0. The van der Waals surface area contributed by atoms with Crippen LogP contribution in [0.15, 0.2) is 66.7 Å². The van der Waals surface area contributed by atoms with Crippen molar-refractivity contribution in [2.45, 2.75) is 6.92 Å². The van der Waals surface area contributed by atoms with Gasteiger partial charge in [0.05, 0.1) is 19.1 Å². The van der Waals surface area contributed by atoms with Crippen molar-refractivity contribution in [2.24, 2.45) is 0 Å². The van der Waals surface area contributed by atoms with Crippen molar-refractivity contribution < 1.29 is 14.6 Å². The lowest BCUT2D eigenvalue weighted by molar-refractivity contribution is 0.166. The molecule has 0 heterocycles. The summed E-state index contributed by atoms with van der Waals surface area (Å²) in [5.41, 5.74) is 0.991. The maximum absolute atomic E-state index is 8.49. The van der Waals surface area contributed by atoms with Gasteiger partial charge in [-0.15, -0.1) is 0 Å². The first-order chi connectivity index (χ1) is 8.83. The second-order valence-corrected chi connectivity index (χ2v) is 3.57. The minimum Gasteiger partial charge on any atom is -0.499 e. The molecule has 0 radical (unpaired) electrons. The number of aliphatic hydroxyl groups excluding tert-OH is 1. The monoisotopic (exact) mass is 246 g/mol. The molecule has 3 heteroatoms. The normalized spacial score (nSPS) is 12.2. The fourth-order valence-electron chi connectivity index (χ4n) is 1.13. The summed E-state index contributed by atoms with van der Waals surface area (Å²) < 4.78 is 10.4. The smallest absolute Gasteiger partial charge is 0.126 e. The minimum absolute atomic E-state index is 0.0257. The van der Waals surface area contributed by atoms with E-state index in [0.29, 0.717) is 6.61 Å². The lowest BCUT2D eigenvalue weighted by Gasteiger charge is -1.99. The van der Waals surface area contributed by atoms with E-state index in [9.17, 15) is 0 Å². The van der Waals surface area contributed by atoms with Crippen molar-refractivity contribution in [2.75, 3.05) is 13.2 Å².